The summed E-state index contributed by atoms with van der Waals surface area (Å²) in [5.41, 5.74) is 2.13. The molecule has 0 saturated carbocycles. The Morgan fingerprint density at radius 1 is 1.52 bits per heavy atom. The number of carbonyl (C=O) groups is 1. The van der Waals surface area contributed by atoms with Gasteiger partial charge in [0.15, 0.2) is 0 Å². The number of aliphatic hydroxyl groups is 1. The smallest absolute Gasteiger partial charge is 0.317 e. The van der Waals surface area contributed by atoms with Crippen LogP contribution in [0.3, 0.4) is 0 Å². The van der Waals surface area contributed by atoms with E-state index in [2.05, 4.69) is 12.2 Å². The number of urea groups is 1. The van der Waals surface area contributed by atoms with Crippen molar-refractivity contribution in [1.82, 2.24) is 10.2 Å². The lowest BCUT2D eigenvalue weighted by molar-refractivity contribution is 0.129. The molecule has 1 aromatic rings. The second-order valence-electron chi connectivity index (χ2n) is 6.35. The highest BCUT2D eigenvalue weighted by atomic mass is 16.5. The number of rotatable bonds is 6. The zero-order valence-electron chi connectivity index (χ0n) is 14.3. The molecule has 128 valence electrons. The van der Waals surface area contributed by atoms with Crippen molar-refractivity contribution < 1.29 is 14.6 Å². The molecule has 1 aromatic carbocycles. The predicted octanol–water partition coefficient (Wildman–Crippen LogP) is 2.70. The number of aryl methyl sites for hydroxylation is 1. The Labute approximate surface area is 138 Å². The van der Waals surface area contributed by atoms with Gasteiger partial charge in [-0.2, -0.15) is 0 Å². The average Bonchev–Trinajstić information content (AvgIpc) is 3.02. The Balaban J connectivity index is 1.91. The molecule has 0 radical (unpaired) electrons. The quantitative estimate of drug-likeness (QED) is 0.847. The first kappa shape index (κ1) is 17.6. The van der Waals surface area contributed by atoms with E-state index in [1.807, 2.05) is 25.1 Å². The predicted molar refractivity (Wildman–Crippen MR) is 90.6 cm³/mol. The van der Waals surface area contributed by atoms with Crippen molar-refractivity contribution >= 4 is 6.03 Å². The third-order valence-corrected chi connectivity index (χ3v) is 4.31. The van der Waals surface area contributed by atoms with Crippen molar-refractivity contribution in [2.24, 2.45) is 5.92 Å². The van der Waals surface area contributed by atoms with Gasteiger partial charge in [-0.3, -0.25) is 0 Å². The first-order valence-corrected chi connectivity index (χ1v) is 8.44. The van der Waals surface area contributed by atoms with Crippen LogP contribution in [0.2, 0.25) is 0 Å². The number of nitrogens with zero attached hydrogens (tertiary/aromatic N) is 1. The largest absolute Gasteiger partial charge is 0.493 e. The molecular formula is C18H28N2O3. The maximum Gasteiger partial charge on any atom is 0.317 e. The molecule has 5 heteroatoms. The summed E-state index contributed by atoms with van der Waals surface area (Å²) in [4.78, 5) is 14.0. The molecule has 5 nitrogen and oxygen atoms in total. The normalized spacial score (nSPS) is 18.8. The summed E-state index contributed by atoms with van der Waals surface area (Å²) in [6.07, 6.45) is 1.45. The molecule has 1 saturated heterocycles. The number of carbonyl (C=O) groups excluding carboxylic acids is 1. The summed E-state index contributed by atoms with van der Waals surface area (Å²) >= 11 is 0. The van der Waals surface area contributed by atoms with Crippen LogP contribution < -0.4 is 10.1 Å². The van der Waals surface area contributed by atoms with Crippen molar-refractivity contribution in [3.63, 3.8) is 0 Å². The van der Waals surface area contributed by atoms with Crippen LogP contribution in [0.5, 0.6) is 5.75 Å². The molecule has 0 aromatic heterocycles. The van der Waals surface area contributed by atoms with Gasteiger partial charge in [0.25, 0.3) is 0 Å². The van der Waals surface area contributed by atoms with Gasteiger partial charge in [-0.25, -0.2) is 4.79 Å². The maximum absolute atomic E-state index is 12.3. The monoisotopic (exact) mass is 320 g/mol. The molecule has 0 spiro atoms. The van der Waals surface area contributed by atoms with Gasteiger partial charge in [-0.05, 0) is 38.3 Å². The highest BCUT2D eigenvalue weighted by molar-refractivity contribution is 5.74. The fraction of sp³-hybridized carbons (Fsp3) is 0.611. The van der Waals surface area contributed by atoms with Crippen molar-refractivity contribution in [3.8, 4) is 5.75 Å². The lowest BCUT2D eigenvalue weighted by Gasteiger charge is -2.19. The summed E-state index contributed by atoms with van der Waals surface area (Å²) in [6.45, 7) is 8.34. The highest BCUT2D eigenvalue weighted by Gasteiger charge is 2.28. The Hall–Kier alpha value is -1.75. The molecule has 2 amide bonds. The SMILES string of the molecule is CCCOc1cc(C)ccc1CNC(=O)N1CC[C@@H]([C@H](C)O)C1. The van der Waals surface area contributed by atoms with Gasteiger partial charge in [0.2, 0.25) is 0 Å². The number of nitrogens with one attached hydrogen (secondary N) is 1. The summed E-state index contributed by atoms with van der Waals surface area (Å²) < 4.78 is 5.78. The highest BCUT2D eigenvalue weighted by Crippen LogP contribution is 2.22. The first-order valence-electron chi connectivity index (χ1n) is 8.44. The molecule has 0 aliphatic carbocycles. The van der Waals surface area contributed by atoms with Crippen LogP contribution in [0.15, 0.2) is 18.2 Å². The Bertz CT molecular complexity index is 531. The molecule has 1 aliphatic rings. The lowest BCUT2D eigenvalue weighted by Crippen LogP contribution is -2.38. The van der Waals surface area contributed by atoms with E-state index in [1.165, 1.54) is 0 Å². The molecular weight excluding hydrogens is 292 g/mol. The minimum Gasteiger partial charge on any atom is -0.493 e. The first-order chi connectivity index (χ1) is 11.0. The van der Waals surface area contributed by atoms with E-state index in [0.717, 1.165) is 29.7 Å². The number of aliphatic hydroxyl groups excluding tert-OH is 1. The van der Waals surface area contributed by atoms with Crippen molar-refractivity contribution in [3.05, 3.63) is 29.3 Å². The van der Waals surface area contributed by atoms with Crippen LogP contribution in [0.4, 0.5) is 4.79 Å². The average molecular weight is 320 g/mol. The van der Waals surface area contributed by atoms with Crippen LogP contribution in [0, 0.1) is 12.8 Å². The van der Waals surface area contributed by atoms with E-state index in [-0.39, 0.29) is 18.1 Å². The van der Waals surface area contributed by atoms with Gasteiger partial charge >= 0.3 is 6.03 Å². The van der Waals surface area contributed by atoms with Crippen molar-refractivity contribution in [2.45, 2.75) is 46.3 Å². The zero-order chi connectivity index (χ0) is 16.8. The van der Waals surface area contributed by atoms with Crippen LogP contribution >= 0.6 is 0 Å². The van der Waals surface area contributed by atoms with Crippen LogP contribution in [0.25, 0.3) is 0 Å². The Morgan fingerprint density at radius 2 is 2.30 bits per heavy atom. The summed E-state index contributed by atoms with van der Waals surface area (Å²) in [6, 6.07) is 5.97. The van der Waals surface area contributed by atoms with E-state index in [1.54, 1.807) is 11.8 Å². The summed E-state index contributed by atoms with van der Waals surface area (Å²) in [5, 5.41) is 12.6. The van der Waals surface area contributed by atoms with Gasteiger partial charge in [0.1, 0.15) is 5.75 Å². The van der Waals surface area contributed by atoms with E-state index < -0.39 is 0 Å². The van der Waals surface area contributed by atoms with Gasteiger partial charge in [0, 0.05) is 31.1 Å². The molecule has 0 bridgehead atoms. The Kier molecular flexibility index (Phi) is 6.28. The fourth-order valence-corrected chi connectivity index (χ4v) is 2.80. The standard InChI is InChI=1S/C18H28N2O3/c1-4-9-23-17-10-13(2)5-6-15(17)11-19-18(22)20-8-7-16(12-20)14(3)21/h5-6,10,14,16,21H,4,7-9,11-12H2,1-3H3,(H,19,22)/t14-,16+/m0/s1. The topological polar surface area (TPSA) is 61.8 Å². The maximum atomic E-state index is 12.3. The number of hydrogen-bond donors (Lipinski definition) is 2. The van der Waals surface area contributed by atoms with E-state index >= 15 is 0 Å². The molecule has 1 aliphatic heterocycles. The van der Waals surface area contributed by atoms with Gasteiger partial charge < -0.3 is 20.1 Å². The molecule has 2 rings (SSSR count). The Morgan fingerprint density at radius 3 is 2.96 bits per heavy atom. The van der Waals surface area contributed by atoms with Gasteiger partial charge in [0.05, 0.1) is 12.7 Å². The van der Waals surface area contributed by atoms with Crippen LogP contribution in [-0.2, 0) is 6.54 Å². The van der Waals surface area contributed by atoms with Crippen LogP contribution in [-0.4, -0.2) is 41.8 Å². The molecule has 1 heterocycles. The van der Waals surface area contributed by atoms with E-state index in [0.29, 0.717) is 26.2 Å². The molecule has 2 atom stereocenters. The molecule has 1 fully saturated rings. The second-order valence-corrected chi connectivity index (χ2v) is 6.35. The minimum absolute atomic E-state index is 0.0739. The van der Waals surface area contributed by atoms with E-state index in [9.17, 15) is 9.90 Å². The minimum atomic E-state index is -0.362. The number of likely N-dealkylation sites (tertiary alicyclic amines) is 1. The number of benzene rings is 1. The molecule has 0 unspecified atom stereocenters. The van der Waals surface area contributed by atoms with Gasteiger partial charge in [-0.15, -0.1) is 0 Å². The van der Waals surface area contributed by atoms with E-state index in [4.69, 9.17) is 4.74 Å². The third kappa shape index (κ3) is 4.86. The number of ether oxygens (including phenoxy) is 1. The second kappa shape index (κ2) is 8.20. The molecule has 23 heavy (non-hydrogen) atoms. The number of amides is 2. The zero-order valence-corrected chi connectivity index (χ0v) is 14.3. The lowest BCUT2D eigenvalue weighted by atomic mass is 10.0. The molecule has 2 N–H and O–H groups in total. The summed E-state index contributed by atoms with van der Waals surface area (Å²) in [7, 11) is 0. The summed E-state index contributed by atoms with van der Waals surface area (Å²) in [5.74, 6) is 1.03. The number of hydrogen-bond acceptors (Lipinski definition) is 3. The van der Waals surface area contributed by atoms with Crippen molar-refractivity contribution in [2.75, 3.05) is 19.7 Å². The van der Waals surface area contributed by atoms with Crippen molar-refractivity contribution in [1.29, 1.82) is 0 Å². The van der Waals surface area contributed by atoms with Crippen LogP contribution in [0.1, 0.15) is 37.8 Å². The third-order valence-electron chi connectivity index (χ3n) is 4.31. The van der Waals surface area contributed by atoms with Gasteiger partial charge in [-0.1, -0.05) is 19.1 Å². The fourth-order valence-electron chi connectivity index (χ4n) is 2.80.